The third kappa shape index (κ3) is 1.79. The van der Waals surface area contributed by atoms with Crippen molar-refractivity contribution in [2.45, 2.75) is 31.8 Å². The lowest BCUT2D eigenvalue weighted by Gasteiger charge is -2.20. The van der Waals surface area contributed by atoms with E-state index in [-0.39, 0.29) is 0 Å². The summed E-state index contributed by atoms with van der Waals surface area (Å²) >= 11 is 0. The highest BCUT2D eigenvalue weighted by atomic mass is 16.5. The minimum Gasteiger partial charge on any atom is -0.381 e. The van der Waals surface area contributed by atoms with Gasteiger partial charge in [0.15, 0.2) is 0 Å². The number of nitrogens with one attached hydrogen (secondary N) is 1. The van der Waals surface area contributed by atoms with E-state index in [4.69, 9.17) is 10.1 Å². The first-order valence-electron chi connectivity index (χ1n) is 3.42. The molecular formula is C7H13NO. The third-order valence-corrected chi connectivity index (χ3v) is 1.87. The van der Waals surface area contributed by atoms with Crippen LogP contribution in [0.4, 0.5) is 0 Å². The number of rotatable bonds is 1. The average Bonchev–Trinajstić information content (AvgIpc) is 1.90. The van der Waals surface area contributed by atoms with Gasteiger partial charge in [-0.25, -0.2) is 0 Å². The van der Waals surface area contributed by atoms with Crippen LogP contribution < -0.4 is 0 Å². The van der Waals surface area contributed by atoms with Gasteiger partial charge in [0.05, 0.1) is 6.10 Å². The largest absolute Gasteiger partial charge is 0.381 e. The van der Waals surface area contributed by atoms with Gasteiger partial charge in [0.2, 0.25) is 0 Å². The maximum Gasteiger partial charge on any atom is 0.0578 e. The van der Waals surface area contributed by atoms with E-state index in [2.05, 4.69) is 0 Å². The van der Waals surface area contributed by atoms with Crippen LogP contribution in [0.2, 0.25) is 0 Å². The summed E-state index contributed by atoms with van der Waals surface area (Å²) in [5.74, 6) is 0. The Labute approximate surface area is 55.7 Å². The van der Waals surface area contributed by atoms with Crippen LogP contribution in [0.1, 0.15) is 25.7 Å². The second kappa shape index (κ2) is 2.97. The predicted molar refractivity (Wildman–Crippen MR) is 37.0 cm³/mol. The predicted octanol–water partition coefficient (Wildman–Crippen LogP) is 1.60. The molecule has 2 nitrogen and oxygen atoms in total. The van der Waals surface area contributed by atoms with Gasteiger partial charge in [-0.05, 0) is 25.7 Å². The quantitative estimate of drug-likeness (QED) is 0.570. The van der Waals surface area contributed by atoms with Crippen LogP contribution in [-0.2, 0) is 4.74 Å². The Kier molecular flexibility index (Phi) is 2.22. The van der Waals surface area contributed by atoms with E-state index in [1.54, 1.807) is 7.11 Å². The summed E-state index contributed by atoms with van der Waals surface area (Å²) in [6.45, 7) is 0. The minimum atomic E-state index is 0.430. The normalized spacial score (nSPS) is 28.6. The van der Waals surface area contributed by atoms with Gasteiger partial charge in [-0.15, -0.1) is 0 Å². The Hall–Kier alpha value is -0.370. The van der Waals surface area contributed by atoms with E-state index in [1.807, 2.05) is 0 Å². The zero-order valence-electron chi connectivity index (χ0n) is 5.81. The van der Waals surface area contributed by atoms with Crippen LogP contribution >= 0.6 is 0 Å². The highest BCUT2D eigenvalue weighted by molar-refractivity contribution is 5.81. The van der Waals surface area contributed by atoms with Crippen molar-refractivity contribution in [2.24, 2.45) is 0 Å². The number of ether oxygens (including phenoxy) is 1. The Morgan fingerprint density at radius 1 is 1.44 bits per heavy atom. The molecule has 9 heavy (non-hydrogen) atoms. The van der Waals surface area contributed by atoms with Crippen molar-refractivity contribution in [2.75, 3.05) is 7.11 Å². The van der Waals surface area contributed by atoms with Crippen molar-refractivity contribution < 1.29 is 4.74 Å². The summed E-state index contributed by atoms with van der Waals surface area (Å²) in [5.41, 5.74) is 0.892. The molecule has 1 N–H and O–H groups in total. The van der Waals surface area contributed by atoms with Gasteiger partial charge in [0.1, 0.15) is 0 Å². The SMILES string of the molecule is COC1CCC(=N)CC1. The fraction of sp³-hybridized carbons (Fsp3) is 0.857. The summed E-state index contributed by atoms with van der Waals surface area (Å²) in [7, 11) is 1.75. The molecule has 0 amide bonds. The standard InChI is InChI=1S/C7H13NO/c1-9-7-4-2-6(8)3-5-7/h7-8H,2-5H2,1H3. The molecule has 0 spiro atoms. The van der Waals surface area contributed by atoms with Gasteiger partial charge in [0, 0.05) is 12.8 Å². The average molecular weight is 127 g/mol. The van der Waals surface area contributed by atoms with Crippen LogP contribution in [-0.4, -0.2) is 18.9 Å². The van der Waals surface area contributed by atoms with Crippen molar-refractivity contribution in [3.63, 3.8) is 0 Å². The van der Waals surface area contributed by atoms with E-state index in [9.17, 15) is 0 Å². The first kappa shape index (κ1) is 6.75. The topological polar surface area (TPSA) is 33.1 Å². The van der Waals surface area contributed by atoms with Gasteiger partial charge in [0.25, 0.3) is 0 Å². The number of hydrogen-bond acceptors (Lipinski definition) is 2. The molecule has 1 rings (SSSR count). The molecular weight excluding hydrogens is 114 g/mol. The molecule has 2 heteroatoms. The fourth-order valence-corrected chi connectivity index (χ4v) is 1.18. The fourth-order valence-electron chi connectivity index (χ4n) is 1.18. The molecule has 0 aromatic carbocycles. The van der Waals surface area contributed by atoms with E-state index in [0.29, 0.717) is 6.10 Å². The zero-order valence-corrected chi connectivity index (χ0v) is 5.81. The summed E-state index contributed by atoms with van der Waals surface area (Å²) in [6, 6.07) is 0. The summed E-state index contributed by atoms with van der Waals surface area (Å²) < 4.78 is 5.14. The van der Waals surface area contributed by atoms with Crippen molar-refractivity contribution in [1.29, 1.82) is 5.41 Å². The molecule has 0 atom stereocenters. The van der Waals surface area contributed by atoms with E-state index < -0.39 is 0 Å². The molecule has 0 bridgehead atoms. The third-order valence-electron chi connectivity index (χ3n) is 1.87. The molecule has 0 unspecified atom stereocenters. The van der Waals surface area contributed by atoms with E-state index in [0.717, 1.165) is 31.4 Å². The van der Waals surface area contributed by atoms with Crippen LogP contribution in [0, 0.1) is 5.41 Å². The Balaban J connectivity index is 2.26. The zero-order chi connectivity index (χ0) is 6.69. The first-order chi connectivity index (χ1) is 4.33. The lowest BCUT2D eigenvalue weighted by molar-refractivity contribution is 0.0862. The molecule has 1 aliphatic carbocycles. The van der Waals surface area contributed by atoms with Crippen LogP contribution in [0.25, 0.3) is 0 Å². The van der Waals surface area contributed by atoms with Gasteiger partial charge in [-0.1, -0.05) is 0 Å². The molecule has 0 aromatic heterocycles. The molecule has 0 saturated heterocycles. The Morgan fingerprint density at radius 3 is 2.44 bits per heavy atom. The van der Waals surface area contributed by atoms with Crippen molar-refractivity contribution in [3.05, 3.63) is 0 Å². The minimum absolute atomic E-state index is 0.430. The van der Waals surface area contributed by atoms with Gasteiger partial charge in [-0.2, -0.15) is 0 Å². The van der Waals surface area contributed by atoms with E-state index in [1.165, 1.54) is 0 Å². The van der Waals surface area contributed by atoms with Crippen molar-refractivity contribution in [3.8, 4) is 0 Å². The Morgan fingerprint density at radius 2 is 2.00 bits per heavy atom. The summed E-state index contributed by atoms with van der Waals surface area (Å²) in [5, 5.41) is 7.30. The van der Waals surface area contributed by atoms with Crippen molar-refractivity contribution in [1.82, 2.24) is 0 Å². The van der Waals surface area contributed by atoms with E-state index >= 15 is 0 Å². The highest BCUT2D eigenvalue weighted by Gasteiger charge is 2.14. The second-order valence-electron chi connectivity index (χ2n) is 2.54. The molecule has 1 aliphatic rings. The Bertz CT molecular complexity index is 101. The molecule has 0 aliphatic heterocycles. The van der Waals surface area contributed by atoms with Gasteiger partial charge in [-0.3, -0.25) is 0 Å². The van der Waals surface area contributed by atoms with Crippen LogP contribution in [0.3, 0.4) is 0 Å². The first-order valence-corrected chi connectivity index (χ1v) is 3.42. The monoisotopic (exact) mass is 127 g/mol. The lowest BCUT2D eigenvalue weighted by atomic mass is 9.96. The maximum absolute atomic E-state index is 7.30. The maximum atomic E-state index is 7.30. The second-order valence-corrected chi connectivity index (χ2v) is 2.54. The van der Waals surface area contributed by atoms with Crippen LogP contribution in [0.5, 0.6) is 0 Å². The summed E-state index contributed by atoms with van der Waals surface area (Å²) in [4.78, 5) is 0. The van der Waals surface area contributed by atoms with Gasteiger partial charge < -0.3 is 10.1 Å². The molecule has 0 radical (unpaired) electrons. The van der Waals surface area contributed by atoms with Gasteiger partial charge >= 0.3 is 0 Å². The molecule has 0 heterocycles. The molecule has 1 saturated carbocycles. The smallest absolute Gasteiger partial charge is 0.0578 e. The highest BCUT2D eigenvalue weighted by Crippen LogP contribution is 2.16. The molecule has 0 aromatic rings. The molecule has 52 valence electrons. The van der Waals surface area contributed by atoms with Crippen molar-refractivity contribution >= 4 is 5.71 Å². The van der Waals surface area contributed by atoms with Crippen LogP contribution in [0.15, 0.2) is 0 Å². The summed E-state index contributed by atoms with van der Waals surface area (Å²) in [6.07, 6.45) is 4.42. The number of hydrogen-bond donors (Lipinski definition) is 1. The molecule has 1 fully saturated rings. The lowest BCUT2D eigenvalue weighted by Crippen LogP contribution is -2.19. The number of methoxy groups -OCH3 is 1.